The Balaban J connectivity index is 2.02. The number of esters is 1. The van der Waals surface area contributed by atoms with E-state index in [9.17, 15) is 22.4 Å². The first kappa shape index (κ1) is 20.2. The number of hydrogen-bond donors (Lipinski definition) is 1. The van der Waals surface area contributed by atoms with E-state index in [1.807, 2.05) is 0 Å². The molecule has 0 aliphatic heterocycles. The number of carbonyl (C=O) groups excluding carboxylic acids is 2. The van der Waals surface area contributed by atoms with E-state index in [4.69, 9.17) is 4.74 Å². The molecule has 0 fully saturated rings. The molecule has 2 aromatic rings. The van der Waals surface area contributed by atoms with Crippen molar-refractivity contribution in [2.24, 2.45) is 5.92 Å². The Morgan fingerprint density at radius 1 is 1.19 bits per heavy atom. The standard InChI is InChI=1S/C17H18FNO5S2/c1-11(2)16(19-26(22,23)15-4-3-9-25-15)17(21)24-10-14(20)12-5-7-13(18)8-6-12/h3-9,11,16,19H,10H2,1-2H3/t16-/m1/s1. The highest BCUT2D eigenvalue weighted by Gasteiger charge is 2.30. The molecule has 0 saturated carbocycles. The lowest BCUT2D eigenvalue weighted by molar-refractivity contribution is -0.145. The number of halogens is 1. The zero-order chi connectivity index (χ0) is 19.3. The van der Waals surface area contributed by atoms with Crippen LogP contribution in [-0.2, 0) is 19.6 Å². The smallest absolute Gasteiger partial charge is 0.324 e. The lowest BCUT2D eigenvalue weighted by Crippen LogP contribution is -2.45. The van der Waals surface area contributed by atoms with Gasteiger partial charge in [0.1, 0.15) is 16.1 Å². The lowest BCUT2D eigenvalue weighted by atomic mass is 10.1. The third kappa shape index (κ3) is 5.20. The number of Topliss-reactive ketones (excluding diaryl/α,β-unsaturated/α-hetero) is 1. The number of hydrogen-bond acceptors (Lipinski definition) is 6. The Morgan fingerprint density at radius 3 is 2.38 bits per heavy atom. The van der Waals surface area contributed by atoms with Crippen LogP contribution in [0.25, 0.3) is 0 Å². The molecule has 140 valence electrons. The van der Waals surface area contributed by atoms with E-state index in [1.165, 1.54) is 18.2 Å². The summed E-state index contributed by atoms with van der Waals surface area (Å²) in [5, 5.41) is 1.61. The van der Waals surface area contributed by atoms with Crippen LogP contribution in [0.1, 0.15) is 24.2 Å². The van der Waals surface area contributed by atoms with Crippen LogP contribution in [0.5, 0.6) is 0 Å². The van der Waals surface area contributed by atoms with Gasteiger partial charge in [-0.3, -0.25) is 9.59 Å². The van der Waals surface area contributed by atoms with E-state index in [-0.39, 0.29) is 9.77 Å². The SMILES string of the molecule is CC(C)[C@@H](NS(=O)(=O)c1cccs1)C(=O)OCC(=O)c1ccc(F)cc1. The number of sulfonamides is 1. The molecular formula is C17H18FNO5S2. The third-order valence-electron chi connectivity index (χ3n) is 3.47. The molecule has 6 nitrogen and oxygen atoms in total. The largest absolute Gasteiger partial charge is 0.456 e. The van der Waals surface area contributed by atoms with Crippen molar-refractivity contribution in [3.8, 4) is 0 Å². The van der Waals surface area contributed by atoms with E-state index in [1.54, 1.807) is 25.3 Å². The average molecular weight is 399 g/mol. The molecule has 1 atom stereocenters. The number of benzene rings is 1. The summed E-state index contributed by atoms with van der Waals surface area (Å²) in [4.78, 5) is 24.3. The molecule has 1 aromatic heterocycles. The number of ketones is 1. The van der Waals surface area contributed by atoms with Crippen molar-refractivity contribution >= 4 is 33.1 Å². The monoisotopic (exact) mass is 399 g/mol. The number of nitrogens with one attached hydrogen (secondary N) is 1. The summed E-state index contributed by atoms with van der Waals surface area (Å²) >= 11 is 1.02. The Hall–Kier alpha value is -2.10. The summed E-state index contributed by atoms with van der Waals surface area (Å²) in [5.74, 6) is -2.24. The van der Waals surface area contributed by atoms with Gasteiger partial charge in [-0.25, -0.2) is 12.8 Å². The minimum Gasteiger partial charge on any atom is -0.456 e. The van der Waals surface area contributed by atoms with Crippen LogP contribution in [0.4, 0.5) is 4.39 Å². The van der Waals surface area contributed by atoms with Gasteiger partial charge >= 0.3 is 5.97 Å². The first-order valence-corrected chi connectivity index (χ1v) is 10.1. The predicted octanol–water partition coefficient (Wildman–Crippen LogP) is 2.62. The van der Waals surface area contributed by atoms with Crippen LogP contribution < -0.4 is 4.72 Å². The van der Waals surface area contributed by atoms with Gasteiger partial charge in [0.05, 0.1) is 0 Å². The van der Waals surface area contributed by atoms with Crippen molar-refractivity contribution in [2.75, 3.05) is 6.61 Å². The van der Waals surface area contributed by atoms with Crippen molar-refractivity contribution in [3.05, 3.63) is 53.2 Å². The zero-order valence-corrected chi connectivity index (χ0v) is 15.8. The first-order chi connectivity index (χ1) is 12.2. The molecule has 0 bridgehead atoms. The molecule has 1 heterocycles. The second-order valence-electron chi connectivity index (χ2n) is 5.81. The quantitative estimate of drug-likeness (QED) is 0.544. The average Bonchev–Trinajstić information content (AvgIpc) is 3.13. The highest BCUT2D eigenvalue weighted by molar-refractivity contribution is 7.91. The van der Waals surface area contributed by atoms with Gasteiger partial charge in [0, 0.05) is 5.56 Å². The second kappa shape index (κ2) is 8.52. The van der Waals surface area contributed by atoms with Crippen LogP contribution in [0.15, 0.2) is 46.0 Å². The van der Waals surface area contributed by atoms with Gasteiger partial charge in [0.25, 0.3) is 10.0 Å². The second-order valence-corrected chi connectivity index (χ2v) is 8.70. The van der Waals surface area contributed by atoms with Crippen molar-refractivity contribution in [2.45, 2.75) is 24.1 Å². The Kier molecular flexibility index (Phi) is 6.63. The molecule has 1 N–H and O–H groups in total. The Morgan fingerprint density at radius 2 is 1.85 bits per heavy atom. The van der Waals surface area contributed by atoms with E-state index in [0.29, 0.717) is 0 Å². The van der Waals surface area contributed by atoms with Gasteiger partial charge in [-0.2, -0.15) is 4.72 Å². The number of ether oxygens (including phenoxy) is 1. The number of thiophene rings is 1. The van der Waals surface area contributed by atoms with Crippen LogP contribution in [0.3, 0.4) is 0 Å². The van der Waals surface area contributed by atoms with Gasteiger partial charge in [0.2, 0.25) is 0 Å². The highest BCUT2D eigenvalue weighted by Crippen LogP contribution is 2.17. The fourth-order valence-electron chi connectivity index (χ4n) is 2.04. The lowest BCUT2D eigenvalue weighted by Gasteiger charge is -2.20. The van der Waals surface area contributed by atoms with Crippen molar-refractivity contribution in [1.82, 2.24) is 4.72 Å². The molecule has 0 unspecified atom stereocenters. The normalized spacial score (nSPS) is 12.8. The van der Waals surface area contributed by atoms with Gasteiger partial charge in [0.15, 0.2) is 12.4 Å². The summed E-state index contributed by atoms with van der Waals surface area (Å²) in [5.41, 5.74) is 0.194. The molecule has 0 spiro atoms. The molecular weight excluding hydrogens is 381 g/mol. The van der Waals surface area contributed by atoms with Crippen molar-refractivity contribution < 1.29 is 27.1 Å². The highest BCUT2D eigenvalue weighted by atomic mass is 32.2. The molecule has 1 aromatic carbocycles. The van der Waals surface area contributed by atoms with Crippen LogP contribution in [0, 0.1) is 11.7 Å². The van der Waals surface area contributed by atoms with Crippen molar-refractivity contribution in [3.63, 3.8) is 0 Å². The Labute approximate surface area is 155 Å². The van der Waals surface area contributed by atoms with Gasteiger partial charge in [-0.1, -0.05) is 19.9 Å². The topological polar surface area (TPSA) is 89.5 Å². The van der Waals surface area contributed by atoms with Gasteiger partial charge in [-0.05, 0) is 41.6 Å². The van der Waals surface area contributed by atoms with E-state index in [0.717, 1.165) is 23.5 Å². The van der Waals surface area contributed by atoms with Crippen molar-refractivity contribution in [1.29, 1.82) is 0 Å². The van der Waals surface area contributed by atoms with Crippen LogP contribution in [-0.4, -0.2) is 32.8 Å². The fraction of sp³-hybridized carbons (Fsp3) is 0.294. The zero-order valence-electron chi connectivity index (χ0n) is 14.1. The minimum atomic E-state index is -3.86. The first-order valence-electron chi connectivity index (χ1n) is 7.72. The summed E-state index contributed by atoms with van der Waals surface area (Å²) < 4.78 is 44.8. The Bertz CT molecular complexity index is 861. The molecule has 26 heavy (non-hydrogen) atoms. The fourth-order valence-corrected chi connectivity index (χ4v) is 4.39. The maximum Gasteiger partial charge on any atom is 0.324 e. The van der Waals surface area contributed by atoms with E-state index >= 15 is 0 Å². The summed E-state index contributed by atoms with van der Waals surface area (Å²) in [6.45, 7) is 2.75. The maximum absolute atomic E-state index is 12.9. The summed E-state index contributed by atoms with van der Waals surface area (Å²) in [7, 11) is -3.86. The maximum atomic E-state index is 12.9. The molecule has 0 aliphatic carbocycles. The van der Waals surface area contributed by atoms with E-state index in [2.05, 4.69) is 4.72 Å². The van der Waals surface area contributed by atoms with Crippen LogP contribution in [0.2, 0.25) is 0 Å². The molecule has 0 radical (unpaired) electrons. The predicted molar refractivity (Wildman–Crippen MR) is 95.0 cm³/mol. The molecule has 0 amide bonds. The molecule has 0 aliphatic rings. The van der Waals surface area contributed by atoms with E-state index < -0.39 is 46.2 Å². The van der Waals surface area contributed by atoms with Gasteiger partial charge < -0.3 is 4.74 Å². The number of rotatable bonds is 8. The summed E-state index contributed by atoms with van der Waals surface area (Å²) in [6, 6.07) is 6.69. The third-order valence-corrected chi connectivity index (χ3v) is 6.31. The number of carbonyl (C=O) groups is 2. The van der Waals surface area contributed by atoms with Gasteiger partial charge in [-0.15, -0.1) is 11.3 Å². The summed E-state index contributed by atoms with van der Waals surface area (Å²) in [6.07, 6.45) is 0. The molecule has 0 saturated heterocycles. The minimum absolute atomic E-state index is 0.0818. The molecule has 2 rings (SSSR count). The molecule has 9 heteroatoms. The van der Waals surface area contributed by atoms with Crippen LogP contribution >= 0.6 is 11.3 Å².